The molecule has 1 atom stereocenters. The fourth-order valence-corrected chi connectivity index (χ4v) is 2.45. The lowest BCUT2D eigenvalue weighted by atomic mass is 9.94. The fourth-order valence-electron chi connectivity index (χ4n) is 2.45. The van der Waals surface area contributed by atoms with E-state index < -0.39 is 0 Å². The van der Waals surface area contributed by atoms with Gasteiger partial charge in [-0.25, -0.2) is 0 Å². The van der Waals surface area contributed by atoms with Crippen LogP contribution in [0, 0.1) is 11.8 Å². The van der Waals surface area contributed by atoms with Crippen LogP contribution in [0.5, 0.6) is 0 Å². The molecule has 0 aliphatic heterocycles. The van der Waals surface area contributed by atoms with Gasteiger partial charge in [0.2, 0.25) is 0 Å². The molecule has 5 heteroatoms. The zero-order valence-electron chi connectivity index (χ0n) is 14.1. The summed E-state index contributed by atoms with van der Waals surface area (Å²) in [6.45, 7) is 9.07. The molecule has 3 N–H and O–H groups in total. The van der Waals surface area contributed by atoms with Gasteiger partial charge < -0.3 is 20.2 Å². The molecule has 0 radical (unpaired) electrons. The van der Waals surface area contributed by atoms with E-state index in [-0.39, 0.29) is 6.61 Å². The van der Waals surface area contributed by atoms with E-state index in [2.05, 4.69) is 36.4 Å². The Kier molecular flexibility index (Phi) is 9.39. The van der Waals surface area contributed by atoms with Crippen LogP contribution in [0.1, 0.15) is 39.4 Å². The van der Waals surface area contributed by atoms with Crippen molar-refractivity contribution in [1.29, 1.82) is 0 Å². The first kappa shape index (κ1) is 18.6. The van der Waals surface area contributed by atoms with Gasteiger partial charge in [-0.1, -0.05) is 13.8 Å². The van der Waals surface area contributed by atoms with Gasteiger partial charge in [0.1, 0.15) is 5.76 Å². The average molecular weight is 309 g/mol. The van der Waals surface area contributed by atoms with Gasteiger partial charge in [0, 0.05) is 32.7 Å². The molecule has 5 nitrogen and oxygen atoms in total. The van der Waals surface area contributed by atoms with Gasteiger partial charge in [-0.05, 0) is 43.7 Å². The summed E-state index contributed by atoms with van der Waals surface area (Å²) < 4.78 is 5.32. The highest BCUT2D eigenvalue weighted by Gasteiger charge is 2.10. The van der Waals surface area contributed by atoms with Gasteiger partial charge in [0.05, 0.1) is 6.26 Å². The zero-order valence-corrected chi connectivity index (χ0v) is 14.1. The van der Waals surface area contributed by atoms with Crippen molar-refractivity contribution in [3.8, 4) is 0 Å². The van der Waals surface area contributed by atoms with Crippen molar-refractivity contribution in [3.63, 3.8) is 0 Å². The molecular formula is C17H31N3O2. The number of aliphatic hydroxyl groups excluding tert-OH is 1. The maximum Gasteiger partial charge on any atom is 0.191 e. The van der Waals surface area contributed by atoms with Crippen LogP contribution in [0.3, 0.4) is 0 Å². The van der Waals surface area contributed by atoms with E-state index in [1.165, 1.54) is 0 Å². The smallest absolute Gasteiger partial charge is 0.191 e. The van der Waals surface area contributed by atoms with Crippen LogP contribution >= 0.6 is 0 Å². The zero-order chi connectivity index (χ0) is 16.2. The van der Waals surface area contributed by atoms with Crippen LogP contribution in [0.4, 0.5) is 0 Å². The first-order valence-electron chi connectivity index (χ1n) is 8.31. The predicted molar refractivity (Wildman–Crippen MR) is 91.0 cm³/mol. The number of hydrogen-bond donors (Lipinski definition) is 3. The summed E-state index contributed by atoms with van der Waals surface area (Å²) in [5.41, 5.74) is 0. The molecule has 1 heterocycles. The van der Waals surface area contributed by atoms with Crippen molar-refractivity contribution in [2.24, 2.45) is 16.8 Å². The third-order valence-electron chi connectivity index (χ3n) is 3.44. The Balaban J connectivity index is 2.44. The Morgan fingerprint density at radius 2 is 2.18 bits per heavy atom. The summed E-state index contributed by atoms with van der Waals surface area (Å²) in [5, 5.41) is 15.8. The van der Waals surface area contributed by atoms with Gasteiger partial charge in [0.15, 0.2) is 5.96 Å². The number of aliphatic hydroxyl groups is 1. The number of guanidine groups is 1. The largest absolute Gasteiger partial charge is 0.469 e. The fraction of sp³-hybridized carbons (Fsp3) is 0.706. The van der Waals surface area contributed by atoms with Crippen molar-refractivity contribution in [1.82, 2.24) is 10.6 Å². The normalized spacial score (nSPS) is 13.4. The molecule has 22 heavy (non-hydrogen) atoms. The molecule has 0 aliphatic rings. The Morgan fingerprint density at radius 3 is 2.77 bits per heavy atom. The third-order valence-corrected chi connectivity index (χ3v) is 3.44. The SMILES string of the molecule is CCNC(=NCC(CCO)CC(C)C)NCCc1ccco1. The first-order chi connectivity index (χ1) is 10.7. The number of nitrogens with one attached hydrogen (secondary N) is 2. The molecule has 126 valence electrons. The molecular weight excluding hydrogens is 278 g/mol. The summed E-state index contributed by atoms with van der Waals surface area (Å²) in [7, 11) is 0. The molecule has 0 aliphatic carbocycles. The number of furan rings is 1. The van der Waals surface area contributed by atoms with Crippen LogP contribution in [0.25, 0.3) is 0 Å². The Morgan fingerprint density at radius 1 is 1.36 bits per heavy atom. The third kappa shape index (κ3) is 8.08. The predicted octanol–water partition coefficient (Wildman–Crippen LogP) is 2.42. The minimum absolute atomic E-state index is 0.232. The van der Waals surface area contributed by atoms with Crippen molar-refractivity contribution >= 4 is 5.96 Å². The van der Waals surface area contributed by atoms with Crippen molar-refractivity contribution in [2.75, 3.05) is 26.2 Å². The molecule has 1 aromatic rings. The van der Waals surface area contributed by atoms with E-state index in [1.807, 2.05) is 12.1 Å². The lowest BCUT2D eigenvalue weighted by Gasteiger charge is -2.17. The van der Waals surface area contributed by atoms with Gasteiger partial charge >= 0.3 is 0 Å². The summed E-state index contributed by atoms with van der Waals surface area (Å²) in [5.74, 6) is 2.87. The lowest BCUT2D eigenvalue weighted by Crippen LogP contribution is -2.38. The minimum Gasteiger partial charge on any atom is -0.469 e. The van der Waals surface area contributed by atoms with Gasteiger partial charge in [-0.3, -0.25) is 4.99 Å². The van der Waals surface area contributed by atoms with E-state index in [0.717, 1.165) is 50.6 Å². The van der Waals surface area contributed by atoms with E-state index >= 15 is 0 Å². The van der Waals surface area contributed by atoms with E-state index in [4.69, 9.17) is 4.42 Å². The average Bonchev–Trinajstić information content (AvgIpc) is 2.97. The topological polar surface area (TPSA) is 69.8 Å². The van der Waals surface area contributed by atoms with Gasteiger partial charge in [-0.15, -0.1) is 0 Å². The molecule has 0 saturated heterocycles. The Labute approximate surface area is 134 Å². The molecule has 0 saturated carbocycles. The monoisotopic (exact) mass is 309 g/mol. The second-order valence-corrected chi connectivity index (χ2v) is 5.98. The summed E-state index contributed by atoms with van der Waals surface area (Å²) >= 11 is 0. The molecule has 0 spiro atoms. The second kappa shape index (κ2) is 11.1. The van der Waals surface area contributed by atoms with Crippen LogP contribution in [0.15, 0.2) is 27.8 Å². The van der Waals surface area contributed by atoms with Crippen LogP contribution < -0.4 is 10.6 Å². The van der Waals surface area contributed by atoms with Crippen LogP contribution in [-0.2, 0) is 6.42 Å². The molecule has 0 fully saturated rings. The van der Waals surface area contributed by atoms with Crippen LogP contribution in [0.2, 0.25) is 0 Å². The molecule has 0 aromatic carbocycles. The summed E-state index contributed by atoms with van der Waals surface area (Å²) in [6, 6.07) is 3.88. The Hall–Kier alpha value is -1.49. The molecule has 1 rings (SSSR count). The highest BCUT2D eigenvalue weighted by molar-refractivity contribution is 5.79. The second-order valence-electron chi connectivity index (χ2n) is 5.98. The lowest BCUT2D eigenvalue weighted by molar-refractivity contribution is 0.245. The number of aliphatic imine (C=N–C) groups is 1. The van der Waals surface area contributed by atoms with E-state index in [9.17, 15) is 5.11 Å². The highest BCUT2D eigenvalue weighted by Crippen LogP contribution is 2.15. The molecule has 1 aromatic heterocycles. The number of rotatable bonds is 10. The van der Waals surface area contributed by atoms with E-state index in [1.54, 1.807) is 6.26 Å². The highest BCUT2D eigenvalue weighted by atomic mass is 16.3. The standard InChI is InChI=1S/C17H31N3O2/c1-4-18-17(19-9-7-16-6-5-11-22-16)20-13-15(8-10-21)12-14(2)3/h5-6,11,14-15,21H,4,7-10,12-13H2,1-3H3,(H2,18,19,20). The van der Waals surface area contributed by atoms with E-state index in [0.29, 0.717) is 11.8 Å². The van der Waals surface area contributed by atoms with Crippen LogP contribution in [-0.4, -0.2) is 37.3 Å². The van der Waals surface area contributed by atoms with Crippen molar-refractivity contribution in [3.05, 3.63) is 24.2 Å². The quantitative estimate of drug-likeness (QED) is 0.458. The van der Waals surface area contributed by atoms with Gasteiger partial charge in [-0.2, -0.15) is 0 Å². The van der Waals surface area contributed by atoms with Crippen molar-refractivity contribution in [2.45, 2.75) is 40.0 Å². The molecule has 0 amide bonds. The molecule has 0 bridgehead atoms. The first-order valence-corrected chi connectivity index (χ1v) is 8.31. The minimum atomic E-state index is 0.232. The Bertz CT molecular complexity index is 402. The van der Waals surface area contributed by atoms with Gasteiger partial charge in [0.25, 0.3) is 0 Å². The molecule has 1 unspecified atom stereocenters. The maximum atomic E-state index is 9.18. The summed E-state index contributed by atoms with van der Waals surface area (Å²) in [4.78, 5) is 4.66. The number of hydrogen-bond acceptors (Lipinski definition) is 3. The summed E-state index contributed by atoms with van der Waals surface area (Å²) in [6.07, 6.45) is 4.44. The number of nitrogens with zero attached hydrogens (tertiary/aromatic N) is 1. The van der Waals surface area contributed by atoms with Crippen molar-refractivity contribution < 1.29 is 9.52 Å². The maximum absolute atomic E-state index is 9.18.